The van der Waals surface area contributed by atoms with Gasteiger partial charge in [0.1, 0.15) is 11.5 Å². The van der Waals surface area contributed by atoms with Crippen molar-refractivity contribution >= 4 is 23.1 Å². The van der Waals surface area contributed by atoms with E-state index in [-0.39, 0.29) is 29.1 Å². The maximum absolute atomic E-state index is 13.0. The summed E-state index contributed by atoms with van der Waals surface area (Å²) >= 11 is 0. The number of ketones is 1. The molecular formula is C24H27N3O6. The van der Waals surface area contributed by atoms with E-state index in [0.717, 1.165) is 11.1 Å². The molecule has 0 aliphatic carbocycles. The average molecular weight is 453 g/mol. The Bertz CT molecular complexity index is 1140. The van der Waals surface area contributed by atoms with Crippen LogP contribution in [0.3, 0.4) is 0 Å². The molecule has 0 spiro atoms. The second-order valence-electron chi connectivity index (χ2n) is 8.45. The number of carbonyl (C=O) groups excluding carboxylic acids is 2. The molecule has 2 aromatic carbocycles. The lowest BCUT2D eigenvalue weighted by Crippen LogP contribution is -2.32. The Balaban J connectivity index is 2.16. The molecule has 1 unspecified atom stereocenters. The van der Waals surface area contributed by atoms with Gasteiger partial charge in [-0.3, -0.25) is 19.7 Å². The Morgan fingerprint density at radius 2 is 1.73 bits per heavy atom. The summed E-state index contributed by atoms with van der Waals surface area (Å²) in [4.78, 5) is 39.8. The van der Waals surface area contributed by atoms with Crippen molar-refractivity contribution in [2.45, 2.75) is 26.3 Å². The second-order valence-corrected chi connectivity index (χ2v) is 8.45. The lowest BCUT2D eigenvalue weighted by molar-refractivity contribution is -0.384. The molecule has 1 fully saturated rings. The maximum atomic E-state index is 13.0. The molecule has 0 radical (unpaired) electrons. The number of amides is 1. The van der Waals surface area contributed by atoms with Crippen LogP contribution in [0.2, 0.25) is 0 Å². The van der Waals surface area contributed by atoms with Gasteiger partial charge in [0.15, 0.2) is 0 Å². The summed E-state index contributed by atoms with van der Waals surface area (Å²) in [7, 11) is 3.79. The number of aliphatic hydroxyl groups excluding tert-OH is 1. The number of likely N-dealkylation sites (tertiary alicyclic amines) is 1. The fourth-order valence-electron chi connectivity index (χ4n) is 3.93. The van der Waals surface area contributed by atoms with E-state index in [2.05, 4.69) is 0 Å². The first-order chi connectivity index (χ1) is 15.5. The fraction of sp³-hybridized carbons (Fsp3) is 0.333. The lowest BCUT2D eigenvalue weighted by atomic mass is 9.93. The van der Waals surface area contributed by atoms with Crippen LogP contribution in [-0.4, -0.2) is 63.8 Å². The number of phenols is 1. The van der Waals surface area contributed by atoms with Crippen LogP contribution in [0.1, 0.15) is 34.7 Å². The number of hydrogen-bond donors (Lipinski definition) is 2. The van der Waals surface area contributed by atoms with Crippen LogP contribution in [0.25, 0.3) is 5.76 Å². The number of aromatic hydroxyl groups is 1. The van der Waals surface area contributed by atoms with Crippen LogP contribution in [0.5, 0.6) is 5.75 Å². The van der Waals surface area contributed by atoms with Crippen molar-refractivity contribution in [3.8, 4) is 5.75 Å². The number of nitro benzene ring substituents is 1. The van der Waals surface area contributed by atoms with E-state index in [4.69, 9.17) is 0 Å². The Morgan fingerprint density at radius 1 is 1.12 bits per heavy atom. The fourth-order valence-corrected chi connectivity index (χ4v) is 3.93. The van der Waals surface area contributed by atoms with Gasteiger partial charge in [0.05, 0.1) is 22.1 Å². The molecule has 1 aliphatic rings. The highest BCUT2D eigenvalue weighted by atomic mass is 16.6. The SMILES string of the molecule is Cc1cc(O)c(C(O)=C2C(=O)C(=O)N(CCCN(C)C)C2c2ccc([N+](=O)[O-])cc2)cc1C. The van der Waals surface area contributed by atoms with E-state index in [1.54, 1.807) is 19.9 Å². The standard InChI is InChI=1S/C24H27N3O6/c1-14-12-18(19(28)13-15(14)2)22(29)20-21(16-6-8-17(9-7-16)27(32)33)26(24(31)23(20)30)11-5-10-25(3)4/h6-9,12-13,21,28-29H,5,10-11H2,1-4H3. The van der Waals surface area contributed by atoms with Crippen molar-refractivity contribution in [3.63, 3.8) is 0 Å². The molecule has 9 nitrogen and oxygen atoms in total. The minimum absolute atomic E-state index is 0.0521. The van der Waals surface area contributed by atoms with Gasteiger partial charge in [-0.25, -0.2) is 0 Å². The molecule has 1 aliphatic heterocycles. The van der Waals surface area contributed by atoms with Crippen molar-refractivity contribution in [1.82, 2.24) is 9.80 Å². The Morgan fingerprint density at radius 3 is 2.30 bits per heavy atom. The molecule has 2 N–H and O–H groups in total. The van der Waals surface area contributed by atoms with Crippen molar-refractivity contribution < 1.29 is 24.7 Å². The van der Waals surface area contributed by atoms with Gasteiger partial charge < -0.3 is 20.0 Å². The summed E-state index contributed by atoms with van der Waals surface area (Å²) in [5.74, 6) is -2.32. The predicted molar refractivity (Wildman–Crippen MR) is 123 cm³/mol. The second kappa shape index (κ2) is 9.41. The number of carbonyl (C=O) groups is 2. The minimum Gasteiger partial charge on any atom is -0.507 e. The van der Waals surface area contributed by atoms with Crippen LogP contribution in [0.4, 0.5) is 5.69 Å². The average Bonchev–Trinajstić information content (AvgIpc) is 3.00. The monoisotopic (exact) mass is 453 g/mol. The van der Waals surface area contributed by atoms with Gasteiger partial charge in [0, 0.05) is 18.7 Å². The number of aliphatic hydroxyl groups is 1. The van der Waals surface area contributed by atoms with E-state index in [1.807, 2.05) is 19.0 Å². The number of phenolic OH excluding ortho intramolecular Hbond substituents is 1. The first-order valence-electron chi connectivity index (χ1n) is 10.5. The Kier molecular flexibility index (Phi) is 6.83. The number of hydrogen-bond acceptors (Lipinski definition) is 7. The molecule has 33 heavy (non-hydrogen) atoms. The van der Waals surface area contributed by atoms with Gasteiger partial charge >= 0.3 is 0 Å². The van der Waals surface area contributed by atoms with Crippen LogP contribution >= 0.6 is 0 Å². The molecule has 0 bridgehead atoms. The van der Waals surface area contributed by atoms with E-state index in [9.17, 15) is 29.9 Å². The summed E-state index contributed by atoms with van der Waals surface area (Å²) < 4.78 is 0. The summed E-state index contributed by atoms with van der Waals surface area (Å²) in [6.45, 7) is 4.53. The summed E-state index contributed by atoms with van der Waals surface area (Å²) in [6.07, 6.45) is 0.582. The Labute approximate surface area is 191 Å². The summed E-state index contributed by atoms with van der Waals surface area (Å²) in [5, 5.41) is 32.6. The third-order valence-corrected chi connectivity index (χ3v) is 5.83. The number of non-ortho nitro benzene ring substituents is 1. The van der Waals surface area contributed by atoms with Gasteiger partial charge in [-0.15, -0.1) is 0 Å². The van der Waals surface area contributed by atoms with E-state index < -0.39 is 28.4 Å². The zero-order valence-electron chi connectivity index (χ0n) is 19.0. The van der Waals surface area contributed by atoms with E-state index in [1.165, 1.54) is 35.2 Å². The number of Topliss-reactive ketones (excluding diaryl/α,β-unsaturated/α-hetero) is 1. The van der Waals surface area contributed by atoms with Gasteiger partial charge in [-0.05, 0) is 81.9 Å². The van der Waals surface area contributed by atoms with Crippen molar-refractivity contribution in [2.75, 3.05) is 27.2 Å². The van der Waals surface area contributed by atoms with Crippen LogP contribution in [-0.2, 0) is 9.59 Å². The molecule has 1 heterocycles. The number of rotatable bonds is 7. The zero-order valence-corrected chi connectivity index (χ0v) is 19.0. The van der Waals surface area contributed by atoms with Crippen LogP contribution < -0.4 is 0 Å². The van der Waals surface area contributed by atoms with Gasteiger partial charge in [0.25, 0.3) is 17.4 Å². The first kappa shape index (κ1) is 23.9. The molecule has 174 valence electrons. The van der Waals surface area contributed by atoms with Crippen LogP contribution in [0.15, 0.2) is 42.0 Å². The smallest absolute Gasteiger partial charge is 0.295 e. The van der Waals surface area contributed by atoms with Crippen LogP contribution in [0, 0.1) is 24.0 Å². The van der Waals surface area contributed by atoms with Gasteiger partial charge in [-0.1, -0.05) is 0 Å². The van der Waals surface area contributed by atoms with Gasteiger partial charge in [0.2, 0.25) is 0 Å². The van der Waals surface area contributed by atoms with E-state index >= 15 is 0 Å². The number of nitro groups is 1. The molecule has 9 heteroatoms. The van der Waals surface area contributed by atoms with Gasteiger partial charge in [-0.2, -0.15) is 0 Å². The predicted octanol–water partition coefficient (Wildman–Crippen LogP) is 3.29. The highest BCUT2D eigenvalue weighted by Crippen LogP contribution is 2.41. The largest absolute Gasteiger partial charge is 0.507 e. The van der Waals surface area contributed by atoms with Crippen molar-refractivity contribution in [3.05, 3.63) is 74.3 Å². The first-order valence-corrected chi connectivity index (χ1v) is 10.5. The minimum atomic E-state index is -0.936. The summed E-state index contributed by atoms with van der Waals surface area (Å²) in [6, 6.07) is 7.65. The molecule has 2 aromatic rings. The number of benzene rings is 2. The third-order valence-electron chi connectivity index (χ3n) is 5.83. The number of nitrogens with zero attached hydrogens (tertiary/aromatic N) is 3. The molecule has 1 saturated heterocycles. The lowest BCUT2D eigenvalue weighted by Gasteiger charge is -2.26. The van der Waals surface area contributed by atoms with Crippen molar-refractivity contribution in [1.29, 1.82) is 0 Å². The highest BCUT2D eigenvalue weighted by molar-refractivity contribution is 6.46. The highest BCUT2D eigenvalue weighted by Gasteiger charge is 2.46. The molecule has 3 rings (SSSR count). The third kappa shape index (κ3) is 4.73. The zero-order chi connectivity index (χ0) is 24.4. The quantitative estimate of drug-likeness (QED) is 0.217. The normalized spacial score (nSPS) is 17.7. The van der Waals surface area contributed by atoms with Crippen molar-refractivity contribution in [2.24, 2.45) is 0 Å². The number of aryl methyl sites for hydroxylation is 2. The molecule has 1 atom stereocenters. The molecular weight excluding hydrogens is 426 g/mol. The molecule has 1 amide bonds. The summed E-state index contributed by atoms with van der Waals surface area (Å²) in [5.41, 5.74) is 1.82. The maximum Gasteiger partial charge on any atom is 0.295 e. The molecule has 0 saturated carbocycles. The topological polar surface area (TPSA) is 124 Å². The van der Waals surface area contributed by atoms with E-state index in [0.29, 0.717) is 18.5 Å². The Hall–Kier alpha value is -3.72. The molecule has 0 aromatic heterocycles.